The average molecular weight is 320 g/mol. The van der Waals surface area contributed by atoms with Gasteiger partial charge < -0.3 is 4.74 Å². The van der Waals surface area contributed by atoms with Crippen LogP contribution in [0.15, 0.2) is 46.9 Å². The number of hydrogen-bond acceptors (Lipinski definition) is 2. The second-order valence-electron chi connectivity index (χ2n) is 4.03. The zero-order valence-electron chi connectivity index (χ0n) is 10.1. The van der Waals surface area contributed by atoms with Crippen LogP contribution in [0.5, 0.6) is 0 Å². The molecule has 0 radical (unpaired) electrons. The van der Waals surface area contributed by atoms with Crippen LogP contribution in [0.2, 0.25) is 0 Å². The van der Waals surface area contributed by atoms with Crippen LogP contribution < -0.4 is 0 Å². The molecule has 0 amide bonds. The Morgan fingerprint density at radius 3 is 2.53 bits per heavy atom. The number of nitriles is 1. The van der Waals surface area contributed by atoms with Gasteiger partial charge in [0.05, 0.1) is 24.8 Å². The van der Waals surface area contributed by atoms with E-state index >= 15 is 0 Å². The van der Waals surface area contributed by atoms with Crippen LogP contribution in [0.25, 0.3) is 0 Å². The number of halogens is 2. The quantitative estimate of drug-likeness (QED) is 0.847. The van der Waals surface area contributed by atoms with Crippen LogP contribution >= 0.6 is 15.9 Å². The number of hydrogen-bond donors (Lipinski definition) is 0. The molecule has 0 aliphatic carbocycles. The van der Waals surface area contributed by atoms with Gasteiger partial charge in [0.15, 0.2) is 0 Å². The molecule has 0 aliphatic heterocycles. The van der Waals surface area contributed by atoms with Crippen molar-refractivity contribution >= 4 is 15.9 Å². The molecule has 2 nitrogen and oxygen atoms in total. The molecule has 0 fully saturated rings. The van der Waals surface area contributed by atoms with Gasteiger partial charge >= 0.3 is 0 Å². The normalized spacial score (nSPS) is 10.2. The first kappa shape index (κ1) is 13.7. The van der Waals surface area contributed by atoms with Crippen LogP contribution in [0.4, 0.5) is 4.39 Å². The minimum atomic E-state index is -0.360. The van der Waals surface area contributed by atoms with Crippen LogP contribution in [-0.4, -0.2) is 0 Å². The van der Waals surface area contributed by atoms with E-state index in [-0.39, 0.29) is 12.4 Å². The number of ether oxygens (including phenoxy) is 1. The summed E-state index contributed by atoms with van der Waals surface area (Å²) in [7, 11) is 0. The lowest BCUT2D eigenvalue weighted by Gasteiger charge is -2.06. The van der Waals surface area contributed by atoms with E-state index in [9.17, 15) is 4.39 Å². The molecule has 0 unspecified atom stereocenters. The van der Waals surface area contributed by atoms with Crippen molar-refractivity contribution in [2.45, 2.75) is 13.2 Å². The Bertz CT molecular complexity index is 605. The highest BCUT2D eigenvalue weighted by atomic mass is 79.9. The minimum Gasteiger partial charge on any atom is -0.372 e. The fraction of sp³-hybridized carbons (Fsp3) is 0.133. The third-order valence-corrected chi connectivity index (χ3v) is 3.16. The van der Waals surface area contributed by atoms with Crippen LogP contribution in [0.3, 0.4) is 0 Å². The highest BCUT2D eigenvalue weighted by Crippen LogP contribution is 2.14. The van der Waals surface area contributed by atoms with Crippen molar-refractivity contribution in [1.82, 2.24) is 0 Å². The molecule has 0 heterocycles. The van der Waals surface area contributed by atoms with Crippen LogP contribution in [0.1, 0.15) is 16.7 Å². The maximum Gasteiger partial charge on any atom is 0.123 e. The van der Waals surface area contributed by atoms with Crippen molar-refractivity contribution in [2.24, 2.45) is 0 Å². The summed E-state index contributed by atoms with van der Waals surface area (Å²) in [6.07, 6.45) is 0. The molecule has 0 spiro atoms. The van der Waals surface area contributed by atoms with Gasteiger partial charge in [0, 0.05) is 4.47 Å². The number of nitrogens with zero attached hydrogens (tertiary/aromatic N) is 1. The van der Waals surface area contributed by atoms with Crippen molar-refractivity contribution in [3.05, 3.63) is 69.4 Å². The summed E-state index contributed by atoms with van der Waals surface area (Å²) < 4.78 is 19.6. The summed E-state index contributed by atoms with van der Waals surface area (Å²) >= 11 is 3.36. The fourth-order valence-electron chi connectivity index (χ4n) is 1.65. The smallest absolute Gasteiger partial charge is 0.123 e. The Morgan fingerprint density at radius 2 is 1.84 bits per heavy atom. The molecule has 19 heavy (non-hydrogen) atoms. The largest absolute Gasteiger partial charge is 0.372 e. The van der Waals surface area contributed by atoms with E-state index in [1.165, 1.54) is 18.2 Å². The molecule has 0 saturated heterocycles. The molecule has 0 N–H and O–H groups in total. The van der Waals surface area contributed by atoms with Crippen molar-refractivity contribution in [3.8, 4) is 6.07 Å². The van der Waals surface area contributed by atoms with Gasteiger partial charge in [-0.05, 0) is 41.5 Å². The monoisotopic (exact) mass is 319 g/mol. The first-order chi connectivity index (χ1) is 9.19. The molecular weight excluding hydrogens is 309 g/mol. The second kappa shape index (κ2) is 6.46. The summed E-state index contributed by atoms with van der Waals surface area (Å²) in [5.74, 6) is -0.360. The van der Waals surface area contributed by atoms with Gasteiger partial charge in [-0.25, -0.2) is 4.39 Å². The molecule has 0 bridgehead atoms. The molecule has 0 saturated carbocycles. The van der Waals surface area contributed by atoms with E-state index in [4.69, 9.17) is 10.00 Å². The van der Waals surface area contributed by atoms with Crippen molar-refractivity contribution in [1.29, 1.82) is 5.26 Å². The average Bonchev–Trinajstić information content (AvgIpc) is 2.41. The lowest BCUT2D eigenvalue weighted by molar-refractivity contribution is 0.107. The van der Waals surface area contributed by atoms with E-state index in [0.29, 0.717) is 17.7 Å². The van der Waals surface area contributed by atoms with Gasteiger partial charge in [-0.15, -0.1) is 0 Å². The molecule has 0 atom stereocenters. The van der Waals surface area contributed by atoms with E-state index in [2.05, 4.69) is 15.9 Å². The summed E-state index contributed by atoms with van der Waals surface area (Å²) in [6.45, 7) is 0.644. The second-order valence-corrected chi connectivity index (χ2v) is 4.95. The summed E-state index contributed by atoms with van der Waals surface area (Å²) in [4.78, 5) is 0. The van der Waals surface area contributed by atoms with Crippen LogP contribution in [0, 0.1) is 17.1 Å². The zero-order valence-corrected chi connectivity index (χ0v) is 11.7. The first-order valence-electron chi connectivity index (χ1n) is 5.70. The fourth-order valence-corrected chi connectivity index (χ4v) is 1.91. The highest BCUT2D eigenvalue weighted by Gasteiger charge is 2.04. The van der Waals surface area contributed by atoms with Crippen molar-refractivity contribution in [3.63, 3.8) is 0 Å². The lowest BCUT2D eigenvalue weighted by Crippen LogP contribution is -1.97. The summed E-state index contributed by atoms with van der Waals surface area (Å²) in [6, 6.07) is 13.9. The SMILES string of the molecule is N#Cc1ccc(F)cc1COCc1ccc(Br)cc1. The molecule has 0 aliphatic rings. The van der Waals surface area contributed by atoms with Crippen molar-refractivity contribution in [2.75, 3.05) is 0 Å². The molecule has 96 valence electrons. The summed E-state index contributed by atoms with van der Waals surface area (Å²) in [5.41, 5.74) is 2.04. The Hall–Kier alpha value is -1.70. The molecule has 0 aromatic heterocycles. The van der Waals surface area contributed by atoms with Gasteiger partial charge in [-0.3, -0.25) is 0 Å². The Morgan fingerprint density at radius 1 is 1.11 bits per heavy atom. The van der Waals surface area contributed by atoms with Gasteiger partial charge in [-0.2, -0.15) is 5.26 Å². The first-order valence-corrected chi connectivity index (χ1v) is 6.49. The molecule has 2 rings (SSSR count). The van der Waals surface area contributed by atoms with Gasteiger partial charge in [0.2, 0.25) is 0 Å². The number of benzene rings is 2. The lowest BCUT2D eigenvalue weighted by atomic mass is 10.1. The number of rotatable bonds is 4. The third-order valence-electron chi connectivity index (χ3n) is 2.63. The summed E-state index contributed by atoms with van der Waals surface area (Å²) in [5, 5.41) is 8.92. The van der Waals surface area contributed by atoms with E-state index in [1.807, 2.05) is 30.3 Å². The maximum atomic E-state index is 13.1. The maximum absolute atomic E-state index is 13.1. The van der Waals surface area contributed by atoms with Gasteiger partial charge in [0.1, 0.15) is 5.82 Å². The zero-order chi connectivity index (χ0) is 13.7. The van der Waals surface area contributed by atoms with E-state index in [0.717, 1.165) is 10.0 Å². The van der Waals surface area contributed by atoms with E-state index in [1.54, 1.807) is 0 Å². The minimum absolute atomic E-state index is 0.219. The van der Waals surface area contributed by atoms with Gasteiger partial charge in [-0.1, -0.05) is 28.1 Å². The highest BCUT2D eigenvalue weighted by molar-refractivity contribution is 9.10. The van der Waals surface area contributed by atoms with Crippen molar-refractivity contribution < 1.29 is 9.13 Å². The standard InChI is InChI=1S/C15H11BrFNO/c16-14-4-1-11(2-5-14)9-19-10-13-7-15(17)6-3-12(13)8-18/h1-7H,9-10H2. The topological polar surface area (TPSA) is 33.0 Å². The molecule has 4 heteroatoms. The predicted octanol–water partition coefficient (Wildman–Crippen LogP) is 4.18. The predicted molar refractivity (Wildman–Crippen MR) is 73.8 cm³/mol. The van der Waals surface area contributed by atoms with Crippen LogP contribution in [-0.2, 0) is 18.0 Å². The van der Waals surface area contributed by atoms with Gasteiger partial charge in [0.25, 0.3) is 0 Å². The van der Waals surface area contributed by atoms with E-state index < -0.39 is 0 Å². The Kier molecular flexibility index (Phi) is 4.67. The third kappa shape index (κ3) is 3.88. The Labute approximate surface area is 119 Å². The molecular formula is C15H11BrFNO. The Balaban J connectivity index is 1.98. The molecule has 2 aromatic rings. The molecule has 2 aromatic carbocycles.